The molecule has 0 spiro atoms. The second-order valence-electron chi connectivity index (χ2n) is 6.21. The molecule has 110 valence electrons. The number of carboxylic acid groups (broad SMARTS) is 1. The van der Waals surface area contributed by atoms with Crippen LogP contribution in [0.15, 0.2) is 24.3 Å². The zero-order valence-corrected chi connectivity index (χ0v) is 12.1. The number of hydrogen-bond donors (Lipinski definition) is 2. The summed E-state index contributed by atoms with van der Waals surface area (Å²) in [6, 6.07) is 6.18. The second kappa shape index (κ2) is 5.40. The first-order valence-electron chi connectivity index (χ1n) is 6.79. The molecule has 0 bridgehead atoms. The highest BCUT2D eigenvalue weighted by atomic mass is 19.1. The van der Waals surface area contributed by atoms with Crippen molar-refractivity contribution in [3.8, 4) is 0 Å². The van der Waals surface area contributed by atoms with Gasteiger partial charge in [-0.2, -0.15) is 0 Å². The van der Waals surface area contributed by atoms with E-state index in [1.54, 1.807) is 12.1 Å². The highest BCUT2D eigenvalue weighted by Gasteiger charge is 2.40. The molecule has 20 heavy (non-hydrogen) atoms. The molecule has 1 aliphatic rings. The maximum Gasteiger partial charge on any atom is 0.408 e. The van der Waals surface area contributed by atoms with E-state index < -0.39 is 11.6 Å². The number of benzene rings is 1. The van der Waals surface area contributed by atoms with Gasteiger partial charge in [0, 0.05) is 24.5 Å². The van der Waals surface area contributed by atoms with Crippen molar-refractivity contribution in [1.29, 1.82) is 0 Å². The number of carbonyl (C=O) groups is 1. The zero-order valence-electron chi connectivity index (χ0n) is 12.1. The van der Waals surface area contributed by atoms with Crippen molar-refractivity contribution in [2.24, 2.45) is 0 Å². The molecule has 0 saturated carbocycles. The van der Waals surface area contributed by atoms with Crippen LogP contribution in [0.2, 0.25) is 0 Å². The third-order valence-electron chi connectivity index (χ3n) is 3.74. The second-order valence-corrected chi connectivity index (χ2v) is 6.21. The molecule has 2 atom stereocenters. The highest BCUT2D eigenvalue weighted by molar-refractivity contribution is 5.67. The molecule has 2 unspecified atom stereocenters. The summed E-state index contributed by atoms with van der Waals surface area (Å²) in [6.45, 7) is 6.99. The zero-order chi connectivity index (χ0) is 14.9. The lowest BCUT2D eigenvalue weighted by molar-refractivity contribution is 0.0708. The molecule has 2 rings (SSSR count). The molecule has 1 heterocycles. The van der Waals surface area contributed by atoms with Gasteiger partial charge in [0.15, 0.2) is 0 Å². The van der Waals surface area contributed by atoms with Gasteiger partial charge in [-0.1, -0.05) is 12.1 Å². The normalized spacial score (nSPS) is 22.8. The van der Waals surface area contributed by atoms with Crippen LogP contribution < -0.4 is 5.32 Å². The predicted molar refractivity (Wildman–Crippen MR) is 75.4 cm³/mol. The number of hydrogen-bond acceptors (Lipinski definition) is 2. The van der Waals surface area contributed by atoms with Gasteiger partial charge in [0.25, 0.3) is 0 Å². The van der Waals surface area contributed by atoms with Crippen LogP contribution in [0.1, 0.15) is 32.3 Å². The van der Waals surface area contributed by atoms with Gasteiger partial charge < -0.3 is 10.4 Å². The molecule has 1 amide bonds. The van der Waals surface area contributed by atoms with Crippen molar-refractivity contribution >= 4 is 6.09 Å². The molecule has 0 aromatic heterocycles. The number of amides is 1. The monoisotopic (exact) mass is 280 g/mol. The van der Waals surface area contributed by atoms with Crippen LogP contribution in [0.3, 0.4) is 0 Å². The van der Waals surface area contributed by atoms with Gasteiger partial charge in [0.2, 0.25) is 0 Å². The fraction of sp³-hybridized carbons (Fsp3) is 0.533. The van der Waals surface area contributed by atoms with Crippen LogP contribution in [0.25, 0.3) is 0 Å². The Morgan fingerprint density at radius 1 is 1.30 bits per heavy atom. The maximum atomic E-state index is 13.0. The highest BCUT2D eigenvalue weighted by Crippen LogP contribution is 2.31. The van der Waals surface area contributed by atoms with E-state index in [2.05, 4.69) is 5.32 Å². The first-order valence-corrected chi connectivity index (χ1v) is 6.79. The molecule has 1 aromatic rings. The van der Waals surface area contributed by atoms with E-state index in [9.17, 15) is 14.3 Å². The summed E-state index contributed by atoms with van der Waals surface area (Å²) < 4.78 is 13.0. The molecular weight excluding hydrogens is 259 g/mol. The summed E-state index contributed by atoms with van der Waals surface area (Å²) in [5, 5.41) is 12.8. The largest absolute Gasteiger partial charge is 0.465 e. The van der Waals surface area contributed by atoms with Gasteiger partial charge >= 0.3 is 6.09 Å². The average Bonchev–Trinajstić information content (AvgIpc) is 2.76. The Hall–Kier alpha value is -1.62. The summed E-state index contributed by atoms with van der Waals surface area (Å²) in [5.74, 6) is -0.229. The van der Waals surface area contributed by atoms with E-state index in [1.165, 1.54) is 17.0 Å². The molecule has 2 N–H and O–H groups in total. The minimum atomic E-state index is -0.918. The van der Waals surface area contributed by atoms with Gasteiger partial charge in [-0.3, -0.25) is 4.90 Å². The van der Waals surface area contributed by atoms with Gasteiger partial charge in [-0.25, -0.2) is 9.18 Å². The first-order chi connectivity index (χ1) is 9.30. The van der Waals surface area contributed by atoms with Crippen molar-refractivity contribution in [1.82, 2.24) is 10.2 Å². The van der Waals surface area contributed by atoms with Crippen molar-refractivity contribution in [3.05, 3.63) is 35.6 Å². The van der Waals surface area contributed by atoms with Crippen LogP contribution >= 0.6 is 0 Å². The third kappa shape index (κ3) is 2.93. The van der Waals surface area contributed by atoms with E-state index in [0.717, 1.165) is 5.56 Å². The van der Waals surface area contributed by atoms with E-state index in [4.69, 9.17) is 0 Å². The topological polar surface area (TPSA) is 52.6 Å². The number of nitrogens with one attached hydrogen (secondary N) is 1. The minimum absolute atomic E-state index is 0.0472. The maximum absolute atomic E-state index is 13.0. The molecule has 1 aromatic carbocycles. The van der Waals surface area contributed by atoms with Crippen molar-refractivity contribution in [2.75, 3.05) is 13.1 Å². The molecule has 1 saturated heterocycles. The minimum Gasteiger partial charge on any atom is -0.465 e. The van der Waals surface area contributed by atoms with Crippen molar-refractivity contribution < 1.29 is 14.3 Å². The van der Waals surface area contributed by atoms with E-state index >= 15 is 0 Å². The quantitative estimate of drug-likeness (QED) is 0.875. The fourth-order valence-corrected chi connectivity index (χ4v) is 2.91. The Labute approximate surface area is 118 Å². The smallest absolute Gasteiger partial charge is 0.408 e. The average molecular weight is 280 g/mol. The van der Waals surface area contributed by atoms with Crippen LogP contribution in [0, 0.1) is 5.82 Å². The van der Waals surface area contributed by atoms with E-state index in [0.29, 0.717) is 13.1 Å². The standard InChI is InChI=1S/C15H21FN2O2/c1-15(2,3)18(14(19)20)13-9-17-8-12(13)10-4-6-11(16)7-5-10/h4-7,12-13,17H,8-9H2,1-3H3,(H,19,20). The summed E-state index contributed by atoms with van der Waals surface area (Å²) >= 11 is 0. The van der Waals surface area contributed by atoms with Crippen LogP contribution in [0.5, 0.6) is 0 Å². The Bertz CT molecular complexity index is 482. The van der Waals surface area contributed by atoms with Gasteiger partial charge in [0.1, 0.15) is 5.82 Å². The number of halogens is 1. The van der Waals surface area contributed by atoms with Crippen LogP contribution in [-0.2, 0) is 0 Å². The Morgan fingerprint density at radius 3 is 2.40 bits per heavy atom. The Morgan fingerprint density at radius 2 is 1.90 bits per heavy atom. The molecule has 4 nitrogen and oxygen atoms in total. The van der Waals surface area contributed by atoms with Gasteiger partial charge in [-0.15, -0.1) is 0 Å². The number of nitrogens with zero attached hydrogens (tertiary/aromatic N) is 1. The van der Waals surface area contributed by atoms with Gasteiger partial charge in [0.05, 0.1) is 6.04 Å². The van der Waals surface area contributed by atoms with E-state index in [-0.39, 0.29) is 17.8 Å². The van der Waals surface area contributed by atoms with Crippen LogP contribution in [0.4, 0.5) is 9.18 Å². The Kier molecular flexibility index (Phi) is 3.99. The summed E-state index contributed by atoms with van der Waals surface area (Å²) in [5.41, 5.74) is 0.498. The lowest BCUT2D eigenvalue weighted by Crippen LogP contribution is -2.53. The summed E-state index contributed by atoms with van der Waals surface area (Å²) in [6.07, 6.45) is -0.918. The van der Waals surface area contributed by atoms with Crippen molar-refractivity contribution in [3.63, 3.8) is 0 Å². The summed E-state index contributed by atoms with van der Waals surface area (Å²) in [7, 11) is 0. The number of rotatable bonds is 2. The van der Waals surface area contributed by atoms with E-state index in [1.807, 2.05) is 20.8 Å². The SMILES string of the molecule is CC(C)(C)N(C(=O)O)C1CNCC1c1ccc(F)cc1. The molecule has 1 fully saturated rings. The molecule has 5 heteroatoms. The molecule has 0 radical (unpaired) electrons. The van der Waals surface area contributed by atoms with Gasteiger partial charge in [-0.05, 0) is 38.5 Å². The predicted octanol–water partition coefficient (Wildman–Crippen LogP) is 2.66. The third-order valence-corrected chi connectivity index (χ3v) is 3.74. The Balaban J connectivity index is 2.30. The fourth-order valence-electron chi connectivity index (χ4n) is 2.91. The van der Waals surface area contributed by atoms with Crippen molar-refractivity contribution in [2.45, 2.75) is 38.3 Å². The molecule has 0 aliphatic carbocycles. The lowest BCUT2D eigenvalue weighted by Gasteiger charge is -2.40. The van der Waals surface area contributed by atoms with Crippen LogP contribution in [-0.4, -0.2) is 40.8 Å². The molecule has 1 aliphatic heterocycles. The summed E-state index contributed by atoms with van der Waals surface area (Å²) in [4.78, 5) is 13.1. The first kappa shape index (κ1) is 14.8. The lowest BCUT2D eigenvalue weighted by atomic mass is 9.90. The molecular formula is C15H21FN2O2.